The van der Waals surface area contributed by atoms with Crippen LogP contribution in [0.25, 0.3) is 0 Å². The second-order valence-corrected chi connectivity index (χ2v) is 6.45. The molecule has 2 aromatic rings. The molecule has 0 fully saturated rings. The van der Waals surface area contributed by atoms with E-state index in [9.17, 15) is 13.2 Å². The fraction of sp³-hybridized carbons (Fsp3) is 0.143. The van der Waals surface area contributed by atoms with Crippen LogP contribution in [0, 0.1) is 6.92 Å². The molecule has 2 rings (SSSR count). The van der Waals surface area contributed by atoms with Crippen molar-refractivity contribution in [3.05, 3.63) is 48.2 Å². The van der Waals surface area contributed by atoms with Crippen LogP contribution in [0.2, 0.25) is 0 Å². The van der Waals surface area contributed by atoms with Crippen LogP contribution in [0.1, 0.15) is 5.56 Å². The predicted octanol–water partition coefficient (Wildman–Crippen LogP) is 2.41. The molecule has 0 aliphatic heterocycles. The highest BCUT2D eigenvalue weighted by Gasteiger charge is 2.06. The van der Waals surface area contributed by atoms with Crippen molar-refractivity contribution in [3.63, 3.8) is 0 Å². The number of hydrogen-bond donors (Lipinski definition) is 3. The first kappa shape index (κ1) is 15.8. The van der Waals surface area contributed by atoms with Crippen LogP contribution in [-0.4, -0.2) is 25.7 Å². The Morgan fingerprint density at radius 1 is 1.05 bits per heavy atom. The van der Waals surface area contributed by atoms with Crippen molar-refractivity contribution < 1.29 is 13.2 Å². The van der Waals surface area contributed by atoms with Gasteiger partial charge in [0.05, 0.1) is 6.26 Å². The first-order valence-corrected chi connectivity index (χ1v) is 8.30. The van der Waals surface area contributed by atoms with Gasteiger partial charge in [-0.1, -0.05) is 6.07 Å². The quantitative estimate of drug-likeness (QED) is 0.805. The third-order valence-corrected chi connectivity index (χ3v) is 3.29. The summed E-state index contributed by atoms with van der Waals surface area (Å²) in [5.41, 5.74) is 1.81. The molecule has 3 N–H and O–H groups in total. The Balaban J connectivity index is 1.99. The van der Waals surface area contributed by atoms with E-state index in [2.05, 4.69) is 20.3 Å². The van der Waals surface area contributed by atoms with Gasteiger partial charge < -0.3 is 5.32 Å². The average Bonchev–Trinajstić information content (AvgIpc) is 2.42. The molecule has 116 valence electrons. The smallest absolute Gasteiger partial charge is 0.308 e. The van der Waals surface area contributed by atoms with Crippen molar-refractivity contribution >= 4 is 33.2 Å². The maximum absolute atomic E-state index is 11.9. The van der Waals surface area contributed by atoms with Gasteiger partial charge in [-0.05, 0) is 42.8 Å². The number of rotatable bonds is 4. The van der Waals surface area contributed by atoms with Gasteiger partial charge in [-0.15, -0.1) is 0 Å². The number of aromatic nitrogens is 1. The number of pyridine rings is 1. The van der Waals surface area contributed by atoms with E-state index in [1.54, 1.807) is 36.5 Å². The Kier molecular flexibility index (Phi) is 4.62. The van der Waals surface area contributed by atoms with Gasteiger partial charge in [-0.2, -0.15) is 0 Å². The van der Waals surface area contributed by atoms with E-state index < -0.39 is 16.1 Å². The zero-order valence-corrected chi connectivity index (χ0v) is 12.9. The first-order valence-electron chi connectivity index (χ1n) is 6.41. The van der Waals surface area contributed by atoms with Crippen LogP contribution in [0.5, 0.6) is 0 Å². The van der Waals surface area contributed by atoms with Gasteiger partial charge in [0.25, 0.3) is 0 Å². The summed E-state index contributed by atoms with van der Waals surface area (Å²) in [6.07, 6.45) is 2.66. The van der Waals surface area contributed by atoms with Crippen LogP contribution < -0.4 is 15.4 Å². The molecule has 0 aliphatic rings. The van der Waals surface area contributed by atoms with Gasteiger partial charge in [0.15, 0.2) is 0 Å². The molecular formula is C14H16N4O3S. The van der Waals surface area contributed by atoms with Crippen molar-refractivity contribution in [2.24, 2.45) is 0 Å². The molecule has 0 bridgehead atoms. The number of amides is 2. The normalized spacial score (nSPS) is 10.8. The fourth-order valence-electron chi connectivity index (χ4n) is 1.72. The minimum Gasteiger partial charge on any atom is -0.308 e. The number of carbonyl (C=O) groups excluding carboxylic acids is 1. The molecule has 0 unspecified atom stereocenters. The molecule has 7 nitrogen and oxygen atoms in total. The van der Waals surface area contributed by atoms with Crippen molar-refractivity contribution in [3.8, 4) is 0 Å². The van der Waals surface area contributed by atoms with Gasteiger partial charge in [0, 0.05) is 17.6 Å². The van der Waals surface area contributed by atoms with E-state index in [1.807, 2.05) is 13.0 Å². The zero-order valence-electron chi connectivity index (χ0n) is 12.1. The maximum Gasteiger partial charge on any atom is 0.324 e. The summed E-state index contributed by atoms with van der Waals surface area (Å²) in [7, 11) is -3.32. The lowest BCUT2D eigenvalue weighted by Gasteiger charge is -2.09. The van der Waals surface area contributed by atoms with Gasteiger partial charge in [-0.3, -0.25) is 10.0 Å². The topological polar surface area (TPSA) is 100 Å². The third-order valence-electron chi connectivity index (χ3n) is 2.69. The van der Waals surface area contributed by atoms with Crippen LogP contribution in [0.3, 0.4) is 0 Å². The number of sulfonamides is 1. The Hall–Kier alpha value is -2.61. The highest BCUT2D eigenvalue weighted by molar-refractivity contribution is 7.92. The highest BCUT2D eigenvalue weighted by atomic mass is 32.2. The monoisotopic (exact) mass is 320 g/mol. The molecule has 22 heavy (non-hydrogen) atoms. The SMILES string of the molecule is Cc1cccnc1NC(=O)Nc1ccc(NS(C)(=O)=O)cc1. The summed E-state index contributed by atoms with van der Waals surface area (Å²) < 4.78 is 24.5. The average molecular weight is 320 g/mol. The number of nitrogens with zero attached hydrogens (tertiary/aromatic N) is 1. The standard InChI is InChI=1S/C14H16N4O3S/c1-10-4-3-9-15-13(10)17-14(19)16-11-5-7-12(8-6-11)18-22(2,20)21/h3-9,18H,1-2H3,(H2,15,16,17,19). The molecule has 0 radical (unpaired) electrons. The number of benzene rings is 1. The Morgan fingerprint density at radius 2 is 1.68 bits per heavy atom. The van der Waals surface area contributed by atoms with Crippen LogP contribution >= 0.6 is 0 Å². The number of urea groups is 1. The number of aryl methyl sites for hydroxylation is 1. The lowest BCUT2D eigenvalue weighted by molar-refractivity contribution is 0.262. The molecular weight excluding hydrogens is 304 g/mol. The molecule has 2 amide bonds. The first-order chi connectivity index (χ1) is 10.3. The fourth-order valence-corrected chi connectivity index (χ4v) is 2.29. The molecule has 1 aromatic heterocycles. The largest absolute Gasteiger partial charge is 0.324 e. The number of hydrogen-bond acceptors (Lipinski definition) is 4. The van der Waals surface area contributed by atoms with E-state index in [1.165, 1.54) is 0 Å². The van der Waals surface area contributed by atoms with Gasteiger partial charge in [0.2, 0.25) is 10.0 Å². The summed E-state index contributed by atoms with van der Waals surface area (Å²) in [6.45, 7) is 1.84. The van der Waals surface area contributed by atoms with Crippen molar-refractivity contribution in [1.29, 1.82) is 0 Å². The minimum atomic E-state index is -3.32. The van der Waals surface area contributed by atoms with Crippen molar-refractivity contribution in [1.82, 2.24) is 4.98 Å². The maximum atomic E-state index is 11.9. The van der Waals surface area contributed by atoms with Crippen molar-refractivity contribution in [2.75, 3.05) is 21.6 Å². The summed E-state index contributed by atoms with van der Waals surface area (Å²) in [4.78, 5) is 15.9. The summed E-state index contributed by atoms with van der Waals surface area (Å²) in [5, 5.41) is 5.28. The van der Waals surface area contributed by atoms with Gasteiger partial charge in [-0.25, -0.2) is 18.2 Å². The molecule has 1 heterocycles. The predicted molar refractivity (Wildman–Crippen MR) is 86.5 cm³/mol. The van der Waals surface area contributed by atoms with E-state index in [0.717, 1.165) is 11.8 Å². The Labute approximate surface area is 128 Å². The van der Waals surface area contributed by atoms with Gasteiger partial charge >= 0.3 is 6.03 Å². The number of carbonyl (C=O) groups is 1. The van der Waals surface area contributed by atoms with E-state index in [-0.39, 0.29) is 0 Å². The lowest BCUT2D eigenvalue weighted by atomic mass is 10.3. The lowest BCUT2D eigenvalue weighted by Crippen LogP contribution is -2.20. The zero-order chi connectivity index (χ0) is 16.2. The molecule has 8 heteroatoms. The molecule has 0 spiro atoms. The molecule has 0 saturated carbocycles. The Morgan fingerprint density at radius 3 is 2.27 bits per heavy atom. The molecule has 0 aliphatic carbocycles. The molecule has 0 atom stereocenters. The second kappa shape index (κ2) is 6.44. The number of anilines is 3. The second-order valence-electron chi connectivity index (χ2n) is 4.70. The van der Waals surface area contributed by atoms with Gasteiger partial charge in [0.1, 0.15) is 5.82 Å². The number of nitrogens with one attached hydrogen (secondary N) is 3. The molecule has 1 aromatic carbocycles. The summed E-state index contributed by atoms with van der Waals surface area (Å²) >= 11 is 0. The van der Waals surface area contributed by atoms with Crippen LogP contribution in [0.4, 0.5) is 22.0 Å². The van der Waals surface area contributed by atoms with E-state index in [0.29, 0.717) is 17.2 Å². The molecule has 0 saturated heterocycles. The van der Waals surface area contributed by atoms with Crippen molar-refractivity contribution in [2.45, 2.75) is 6.92 Å². The summed E-state index contributed by atoms with van der Waals surface area (Å²) in [6, 6.07) is 9.51. The van der Waals surface area contributed by atoms with E-state index in [4.69, 9.17) is 0 Å². The highest BCUT2D eigenvalue weighted by Crippen LogP contribution is 2.15. The van der Waals surface area contributed by atoms with E-state index >= 15 is 0 Å². The van der Waals surface area contributed by atoms with Crippen LogP contribution in [-0.2, 0) is 10.0 Å². The summed E-state index contributed by atoms with van der Waals surface area (Å²) in [5.74, 6) is 0.482. The third kappa shape index (κ3) is 4.74. The Bertz CT molecular complexity index is 773. The minimum absolute atomic E-state index is 0.425. The van der Waals surface area contributed by atoms with Crippen LogP contribution in [0.15, 0.2) is 42.6 Å².